The summed E-state index contributed by atoms with van der Waals surface area (Å²) in [5.41, 5.74) is 6.43. The lowest BCUT2D eigenvalue weighted by molar-refractivity contribution is -0.144. The van der Waals surface area contributed by atoms with E-state index in [-0.39, 0.29) is 24.7 Å². The van der Waals surface area contributed by atoms with Crippen LogP contribution in [0.4, 0.5) is 4.79 Å². The topological polar surface area (TPSA) is 114 Å². The molecule has 0 radical (unpaired) electrons. The second-order valence-electron chi connectivity index (χ2n) is 13.6. The molecule has 53 heavy (non-hydrogen) atoms. The highest BCUT2D eigenvalue weighted by molar-refractivity contribution is 8.00. The maximum Gasteiger partial charge on any atom is 0.407 e. The Morgan fingerprint density at radius 1 is 0.755 bits per heavy atom. The molecular formula is C44H42N2O6S. The average Bonchev–Trinajstić information content (AvgIpc) is 3.92. The second kappa shape index (κ2) is 15.7. The van der Waals surface area contributed by atoms with Crippen molar-refractivity contribution in [2.75, 3.05) is 19.5 Å². The Labute approximate surface area is 313 Å². The van der Waals surface area contributed by atoms with Gasteiger partial charge in [0.25, 0.3) is 0 Å². The summed E-state index contributed by atoms with van der Waals surface area (Å²) in [6, 6.07) is 45.5. The predicted molar refractivity (Wildman–Crippen MR) is 206 cm³/mol. The third kappa shape index (κ3) is 7.45. The van der Waals surface area contributed by atoms with Crippen LogP contribution in [0, 0.1) is 0 Å². The zero-order chi connectivity index (χ0) is 36.8. The molecule has 0 bridgehead atoms. The first-order valence-corrected chi connectivity index (χ1v) is 18.8. The van der Waals surface area contributed by atoms with Crippen LogP contribution in [0.1, 0.15) is 53.0 Å². The summed E-state index contributed by atoms with van der Waals surface area (Å²) in [6.45, 7) is 0.0884. The van der Waals surface area contributed by atoms with Gasteiger partial charge in [0, 0.05) is 11.7 Å². The van der Waals surface area contributed by atoms with Crippen LogP contribution < -0.4 is 10.6 Å². The van der Waals surface area contributed by atoms with Crippen molar-refractivity contribution in [3.05, 3.63) is 167 Å². The van der Waals surface area contributed by atoms with Crippen LogP contribution in [0.3, 0.4) is 0 Å². The molecule has 0 spiro atoms. The smallest absolute Gasteiger partial charge is 0.407 e. The van der Waals surface area contributed by atoms with Crippen LogP contribution in [-0.2, 0) is 23.8 Å². The molecule has 5 aromatic carbocycles. The van der Waals surface area contributed by atoms with Crippen molar-refractivity contribution in [1.29, 1.82) is 0 Å². The number of hydrogen-bond acceptors (Lipinski definition) is 7. The van der Waals surface area contributed by atoms with E-state index in [0.29, 0.717) is 12.8 Å². The number of hydrogen-bond donors (Lipinski definition) is 3. The highest BCUT2D eigenvalue weighted by Gasteiger charge is 2.52. The standard InChI is InChI=1S/C44H42N2O6S/c1-51-40(48)27-39(47)43(25-26-43)46-41(49)38(45-42(50)52-28-37-35-23-13-11-21-33(35)34-22-12-14-24-36(34)37)29-53-44(30-15-5-2-6-16-30,31-17-7-3-8-18-31)32-19-9-4-10-20-32/h2-24,37-39,47H,25-29H2,1H3,(H,45,50)(H,46,49)/t38-,39?/m1/s1. The zero-order valence-corrected chi connectivity index (χ0v) is 30.3. The molecule has 0 aliphatic heterocycles. The first-order chi connectivity index (χ1) is 25.8. The summed E-state index contributed by atoms with van der Waals surface area (Å²) in [5, 5.41) is 16.9. The summed E-state index contributed by atoms with van der Waals surface area (Å²) in [5.74, 6) is -1.05. The maximum absolute atomic E-state index is 14.3. The van der Waals surface area contributed by atoms with E-state index in [4.69, 9.17) is 9.47 Å². The Bertz CT molecular complexity index is 1910. The lowest BCUT2D eigenvalue weighted by Gasteiger charge is -2.36. The van der Waals surface area contributed by atoms with Crippen LogP contribution >= 0.6 is 11.8 Å². The zero-order valence-electron chi connectivity index (χ0n) is 29.4. The fraction of sp³-hybridized carbons (Fsp3) is 0.250. The van der Waals surface area contributed by atoms with E-state index in [0.717, 1.165) is 38.9 Å². The molecule has 0 aromatic heterocycles. The third-order valence-electron chi connectivity index (χ3n) is 10.3. The Morgan fingerprint density at radius 2 is 1.23 bits per heavy atom. The first-order valence-electron chi connectivity index (χ1n) is 17.8. The largest absolute Gasteiger partial charge is 0.469 e. The predicted octanol–water partition coefficient (Wildman–Crippen LogP) is 7.19. The fourth-order valence-corrected chi connectivity index (χ4v) is 8.95. The van der Waals surface area contributed by atoms with E-state index in [2.05, 4.69) is 71.3 Å². The van der Waals surface area contributed by atoms with Gasteiger partial charge in [0.2, 0.25) is 5.91 Å². The molecule has 0 saturated heterocycles. The Morgan fingerprint density at radius 3 is 1.70 bits per heavy atom. The van der Waals surface area contributed by atoms with Crippen molar-refractivity contribution in [3.63, 3.8) is 0 Å². The highest BCUT2D eigenvalue weighted by atomic mass is 32.2. The van der Waals surface area contributed by atoms with Gasteiger partial charge in [-0.15, -0.1) is 11.8 Å². The van der Waals surface area contributed by atoms with Gasteiger partial charge in [-0.25, -0.2) is 4.79 Å². The number of benzene rings is 5. The number of ether oxygens (including phenoxy) is 2. The minimum Gasteiger partial charge on any atom is -0.469 e. The molecular weight excluding hydrogens is 685 g/mol. The fourth-order valence-electron chi connectivity index (χ4n) is 7.39. The van der Waals surface area contributed by atoms with Crippen LogP contribution in [-0.4, -0.2) is 60.2 Å². The monoisotopic (exact) mass is 726 g/mol. The number of alkyl carbamates (subject to hydrolysis) is 1. The van der Waals surface area contributed by atoms with Crippen molar-refractivity contribution in [3.8, 4) is 11.1 Å². The number of nitrogens with one attached hydrogen (secondary N) is 2. The summed E-state index contributed by atoms with van der Waals surface area (Å²) in [4.78, 5) is 40.1. The van der Waals surface area contributed by atoms with Gasteiger partial charge in [-0.2, -0.15) is 0 Å². The lowest BCUT2D eigenvalue weighted by Crippen LogP contribution is -2.55. The lowest BCUT2D eigenvalue weighted by atomic mass is 9.84. The number of thioether (sulfide) groups is 1. The van der Waals surface area contributed by atoms with Gasteiger partial charge < -0.3 is 25.2 Å². The Balaban J connectivity index is 1.18. The molecule has 3 N–H and O–H groups in total. The highest BCUT2D eigenvalue weighted by Crippen LogP contribution is 2.49. The average molecular weight is 727 g/mol. The van der Waals surface area contributed by atoms with Crippen molar-refractivity contribution in [1.82, 2.24) is 10.6 Å². The van der Waals surface area contributed by atoms with Gasteiger partial charge in [-0.05, 0) is 51.8 Å². The first kappa shape index (κ1) is 36.0. The van der Waals surface area contributed by atoms with E-state index in [1.807, 2.05) is 78.9 Å². The van der Waals surface area contributed by atoms with E-state index >= 15 is 0 Å². The van der Waals surface area contributed by atoms with Gasteiger partial charge in [-0.3, -0.25) is 9.59 Å². The van der Waals surface area contributed by atoms with E-state index in [1.165, 1.54) is 18.9 Å². The van der Waals surface area contributed by atoms with Crippen molar-refractivity contribution in [2.24, 2.45) is 0 Å². The number of rotatable bonds is 14. The van der Waals surface area contributed by atoms with Crippen molar-refractivity contribution < 1.29 is 29.0 Å². The number of carbonyl (C=O) groups is 3. The van der Waals surface area contributed by atoms with E-state index in [9.17, 15) is 19.5 Å². The summed E-state index contributed by atoms with van der Waals surface area (Å²) in [6.07, 6.45) is -1.14. The van der Waals surface area contributed by atoms with Crippen LogP contribution in [0.5, 0.6) is 0 Å². The van der Waals surface area contributed by atoms with Crippen molar-refractivity contribution >= 4 is 29.7 Å². The summed E-state index contributed by atoms with van der Waals surface area (Å²) in [7, 11) is 1.26. The van der Waals surface area contributed by atoms with Gasteiger partial charge in [0.05, 0.1) is 29.9 Å². The Kier molecular flexibility index (Phi) is 10.7. The molecule has 9 heteroatoms. The van der Waals surface area contributed by atoms with Gasteiger partial charge in [0.1, 0.15) is 12.6 Å². The molecule has 1 saturated carbocycles. The van der Waals surface area contributed by atoms with Gasteiger partial charge in [-0.1, -0.05) is 140 Å². The number of methoxy groups -OCH3 is 1. The number of amides is 2. The molecule has 2 amide bonds. The quantitative estimate of drug-likeness (QED) is 0.0820. The number of aliphatic hydroxyl groups is 1. The van der Waals surface area contributed by atoms with E-state index < -0.39 is 40.4 Å². The summed E-state index contributed by atoms with van der Waals surface area (Å²) < 4.78 is 9.94. The normalized spacial score (nSPS) is 15.3. The van der Waals surface area contributed by atoms with Crippen molar-refractivity contribution in [2.45, 2.75) is 47.6 Å². The molecule has 8 nitrogen and oxygen atoms in total. The third-order valence-corrected chi connectivity index (χ3v) is 12.0. The number of aliphatic hydroxyl groups excluding tert-OH is 1. The number of esters is 1. The molecule has 2 aliphatic rings. The Hall–Kier alpha value is -5.38. The molecule has 1 fully saturated rings. The molecule has 5 aromatic rings. The number of fused-ring (bicyclic) bond motifs is 3. The molecule has 2 atom stereocenters. The minimum atomic E-state index is -1.14. The van der Waals surface area contributed by atoms with Gasteiger partial charge >= 0.3 is 12.1 Å². The molecule has 2 aliphatic carbocycles. The van der Waals surface area contributed by atoms with Crippen LogP contribution in [0.25, 0.3) is 11.1 Å². The minimum absolute atomic E-state index is 0.0884. The molecule has 1 unspecified atom stereocenters. The van der Waals surface area contributed by atoms with E-state index in [1.54, 1.807) is 0 Å². The van der Waals surface area contributed by atoms with Crippen LogP contribution in [0.2, 0.25) is 0 Å². The summed E-state index contributed by atoms with van der Waals surface area (Å²) >= 11 is 1.53. The maximum atomic E-state index is 14.3. The molecule has 7 rings (SSSR count). The molecule has 270 valence electrons. The second-order valence-corrected chi connectivity index (χ2v) is 14.8. The van der Waals surface area contributed by atoms with Gasteiger partial charge in [0.15, 0.2) is 0 Å². The van der Waals surface area contributed by atoms with Crippen LogP contribution in [0.15, 0.2) is 140 Å². The number of carbonyl (C=O) groups excluding carboxylic acids is 3. The SMILES string of the molecule is COC(=O)CC(O)C1(NC(=O)[C@@H](CSC(c2ccccc2)(c2ccccc2)c2ccccc2)NC(=O)OCC2c3ccccc3-c3ccccc32)CC1. The molecule has 0 heterocycles.